The minimum Gasteiger partial charge on any atom is -0.349 e. The number of nitrogens with zero attached hydrogens (tertiary/aromatic N) is 1. The van der Waals surface area contributed by atoms with E-state index in [0.717, 1.165) is 5.82 Å². The van der Waals surface area contributed by atoms with E-state index in [2.05, 4.69) is 9.97 Å². The Bertz CT molecular complexity index is 192. The molecule has 0 unspecified atom stereocenters. The topological polar surface area (TPSA) is 45.8 Å². The lowest BCUT2D eigenvalue weighted by Crippen LogP contribution is -1.80. The molecule has 0 bridgehead atoms. The molecule has 0 amide bonds. The Morgan fingerprint density at radius 3 is 2.36 bits per heavy atom. The van der Waals surface area contributed by atoms with Gasteiger partial charge in [-0.2, -0.15) is 0 Å². The zero-order chi connectivity index (χ0) is 8.69. The van der Waals surface area contributed by atoms with Crippen LogP contribution in [0.15, 0.2) is 12.4 Å². The Morgan fingerprint density at radius 1 is 1.73 bits per heavy atom. The molecule has 1 rings (SSSR count). The Kier molecular flexibility index (Phi) is 5.07. The molecule has 0 saturated carbocycles. The molecule has 3 nitrogen and oxygen atoms in total. The van der Waals surface area contributed by atoms with Crippen LogP contribution in [0.3, 0.4) is 0 Å². The van der Waals surface area contributed by atoms with Crippen LogP contribution in [0.4, 0.5) is 0 Å². The van der Waals surface area contributed by atoms with E-state index in [1.165, 1.54) is 0 Å². The van der Waals surface area contributed by atoms with Crippen LogP contribution in [0.5, 0.6) is 0 Å². The minimum atomic E-state index is 0.255. The number of rotatable bonds is 1. The van der Waals surface area contributed by atoms with Crippen molar-refractivity contribution in [3.8, 4) is 0 Å². The van der Waals surface area contributed by atoms with Crippen LogP contribution in [0, 0.1) is 6.92 Å². The quantitative estimate of drug-likeness (QED) is 0.669. The number of aromatic nitrogens is 2. The van der Waals surface area contributed by atoms with E-state index in [9.17, 15) is 4.79 Å². The second kappa shape index (κ2) is 5.65. The molecule has 0 saturated heterocycles. The van der Waals surface area contributed by atoms with Crippen molar-refractivity contribution in [2.75, 3.05) is 0 Å². The predicted molar refractivity (Wildman–Crippen MR) is 44.3 cm³/mol. The molecule has 0 fully saturated rings. The average Bonchev–Trinajstić information content (AvgIpc) is 2.41. The largest absolute Gasteiger partial charge is 0.349 e. The number of aromatic amines is 1. The monoisotopic (exact) mass is 154 g/mol. The number of imidazole rings is 1. The maximum absolute atomic E-state index is 9.81. The first-order chi connectivity index (χ1) is 5.16. The van der Waals surface area contributed by atoms with Crippen molar-refractivity contribution >= 4 is 5.78 Å². The summed E-state index contributed by atoms with van der Waals surface area (Å²) in [6, 6.07) is 0. The maximum Gasteiger partial charge on any atom is 0.129 e. The Hall–Kier alpha value is -1.12. The maximum atomic E-state index is 9.81. The van der Waals surface area contributed by atoms with Crippen molar-refractivity contribution in [2.45, 2.75) is 27.2 Å². The van der Waals surface area contributed by atoms with Gasteiger partial charge in [-0.1, -0.05) is 6.92 Å². The summed E-state index contributed by atoms with van der Waals surface area (Å²) in [6.07, 6.45) is 4.20. The van der Waals surface area contributed by atoms with Gasteiger partial charge >= 0.3 is 0 Å². The molecule has 0 radical (unpaired) electrons. The molecule has 0 aliphatic rings. The summed E-state index contributed by atoms with van der Waals surface area (Å²) in [4.78, 5) is 16.6. The smallest absolute Gasteiger partial charge is 0.129 e. The van der Waals surface area contributed by atoms with Crippen molar-refractivity contribution in [3.63, 3.8) is 0 Å². The van der Waals surface area contributed by atoms with E-state index >= 15 is 0 Å². The number of H-pyrrole nitrogens is 1. The normalized spacial score (nSPS) is 8.27. The first kappa shape index (κ1) is 9.88. The lowest BCUT2D eigenvalue weighted by molar-refractivity contribution is -0.116. The second-order valence-electron chi connectivity index (χ2n) is 2.23. The Morgan fingerprint density at radius 2 is 2.27 bits per heavy atom. The Balaban J connectivity index is 0.000000187. The second-order valence-corrected chi connectivity index (χ2v) is 2.23. The fourth-order valence-corrected chi connectivity index (χ4v) is 0.344. The van der Waals surface area contributed by atoms with Crippen LogP contribution in [0.25, 0.3) is 0 Å². The number of ketones is 1. The first-order valence-electron chi connectivity index (χ1n) is 3.62. The SMILES string of the molecule is CCC(C)=O.Cc1ncc[nH]1. The molecule has 0 aromatic carbocycles. The van der Waals surface area contributed by atoms with Gasteiger partial charge in [0.15, 0.2) is 0 Å². The van der Waals surface area contributed by atoms with E-state index in [1.807, 2.05) is 13.8 Å². The molecular weight excluding hydrogens is 140 g/mol. The predicted octanol–water partition coefficient (Wildman–Crippen LogP) is 1.70. The fourth-order valence-electron chi connectivity index (χ4n) is 0.344. The molecular formula is C8H14N2O. The number of hydrogen-bond donors (Lipinski definition) is 1. The van der Waals surface area contributed by atoms with E-state index in [-0.39, 0.29) is 5.78 Å². The van der Waals surface area contributed by atoms with Crippen molar-refractivity contribution in [1.29, 1.82) is 0 Å². The molecule has 11 heavy (non-hydrogen) atoms. The zero-order valence-corrected chi connectivity index (χ0v) is 7.22. The summed E-state index contributed by atoms with van der Waals surface area (Å²) >= 11 is 0. The highest BCUT2D eigenvalue weighted by Gasteiger charge is 1.77. The summed E-state index contributed by atoms with van der Waals surface area (Å²) in [5.74, 6) is 1.22. The summed E-state index contributed by atoms with van der Waals surface area (Å²) in [5.41, 5.74) is 0. The molecule has 1 N–H and O–H groups in total. The summed E-state index contributed by atoms with van der Waals surface area (Å²) < 4.78 is 0. The van der Waals surface area contributed by atoms with E-state index in [1.54, 1.807) is 19.3 Å². The van der Waals surface area contributed by atoms with Crippen LogP contribution in [-0.4, -0.2) is 15.8 Å². The van der Waals surface area contributed by atoms with Gasteiger partial charge in [0.2, 0.25) is 0 Å². The van der Waals surface area contributed by atoms with Gasteiger partial charge in [-0.25, -0.2) is 4.98 Å². The van der Waals surface area contributed by atoms with Crippen LogP contribution in [-0.2, 0) is 4.79 Å². The van der Waals surface area contributed by atoms with E-state index in [0.29, 0.717) is 6.42 Å². The third-order valence-electron chi connectivity index (χ3n) is 1.13. The minimum absolute atomic E-state index is 0.255. The molecule has 1 aromatic rings. The highest BCUT2D eigenvalue weighted by Crippen LogP contribution is 1.78. The van der Waals surface area contributed by atoms with Crippen LogP contribution < -0.4 is 0 Å². The van der Waals surface area contributed by atoms with Gasteiger partial charge in [-0.05, 0) is 13.8 Å². The molecule has 0 aliphatic carbocycles. The molecule has 0 atom stereocenters. The molecule has 1 heterocycles. The Labute approximate surface area is 66.9 Å². The first-order valence-corrected chi connectivity index (χ1v) is 3.62. The highest BCUT2D eigenvalue weighted by molar-refractivity contribution is 5.74. The lowest BCUT2D eigenvalue weighted by Gasteiger charge is -1.71. The van der Waals surface area contributed by atoms with E-state index < -0.39 is 0 Å². The number of carbonyl (C=O) groups is 1. The standard InChI is InChI=1S/C4H6N2.C4H8O/c1-4-5-2-3-6-4;1-3-4(2)5/h2-3H,1H3,(H,5,6);3H2,1-2H3. The number of hydrogen-bond acceptors (Lipinski definition) is 2. The van der Waals surface area contributed by atoms with E-state index in [4.69, 9.17) is 0 Å². The molecule has 3 heteroatoms. The van der Waals surface area contributed by atoms with Crippen LogP contribution in [0.1, 0.15) is 26.1 Å². The third-order valence-corrected chi connectivity index (χ3v) is 1.13. The van der Waals surface area contributed by atoms with Crippen LogP contribution in [0.2, 0.25) is 0 Å². The van der Waals surface area contributed by atoms with Gasteiger partial charge in [0, 0.05) is 18.8 Å². The summed E-state index contributed by atoms with van der Waals surface area (Å²) in [5, 5.41) is 0. The highest BCUT2D eigenvalue weighted by atomic mass is 16.1. The molecule has 1 aromatic heterocycles. The number of carbonyl (C=O) groups excluding carboxylic acids is 1. The van der Waals surface area contributed by atoms with Crippen molar-refractivity contribution in [3.05, 3.63) is 18.2 Å². The van der Waals surface area contributed by atoms with Gasteiger partial charge in [-0.15, -0.1) is 0 Å². The zero-order valence-electron chi connectivity index (χ0n) is 7.22. The number of nitrogens with one attached hydrogen (secondary N) is 1. The molecule has 0 spiro atoms. The van der Waals surface area contributed by atoms with Gasteiger partial charge in [0.05, 0.1) is 0 Å². The molecule has 0 aliphatic heterocycles. The summed E-state index contributed by atoms with van der Waals surface area (Å²) in [7, 11) is 0. The lowest BCUT2D eigenvalue weighted by atomic mass is 10.4. The van der Waals surface area contributed by atoms with Crippen LogP contribution >= 0.6 is 0 Å². The third kappa shape index (κ3) is 6.77. The van der Waals surface area contributed by atoms with Gasteiger partial charge < -0.3 is 9.78 Å². The number of aryl methyl sites for hydroxylation is 1. The molecule has 62 valence electrons. The van der Waals surface area contributed by atoms with Crippen molar-refractivity contribution in [1.82, 2.24) is 9.97 Å². The average molecular weight is 154 g/mol. The summed E-state index contributed by atoms with van der Waals surface area (Å²) in [6.45, 7) is 5.35. The van der Waals surface area contributed by atoms with Gasteiger partial charge in [0.1, 0.15) is 11.6 Å². The fraction of sp³-hybridized carbons (Fsp3) is 0.500. The number of Topliss-reactive ketones (excluding diaryl/α,β-unsaturated/α-hetero) is 1. The van der Waals surface area contributed by atoms with Gasteiger partial charge in [-0.3, -0.25) is 0 Å². The van der Waals surface area contributed by atoms with Crippen molar-refractivity contribution < 1.29 is 4.79 Å². The van der Waals surface area contributed by atoms with Crippen molar-refractivity contribution in [2.24, 2.45) is 0 Å². The van der Waals surface area contributed by atoms with Gasteiger partial charge in [0.25, 0.3) is 0 Å².